The molecule has 0 aromatic rings. The number of rotatable bonds is 5. The van der Waals surface area contributed by atoms with Crippen molar-refractivity contribution in [2.24, 2.45) is 11.8 Å². The summed E-state index contributed by atoms with van der Waals surface area (Å²) in [4.78, 5) is 0. The molecule has 0 N–H and O–H groups in total. The van der Waals surface area contributed by atoms with Crippen molar-refractivity contribution in [3.8, 4) is 0 Å². The topological polar surface area (TPSA) is 27.7 Å². The minimum absolute atomic E-state index is 0.0618. The largest absolute Gasteiger partial charge is 0.377 e. The maximum absolute atomic E-state index is 5.95. The van der Waals surface area contributed by atoms with Crippen molar-refractivity contribution in [1.82, 2.24) is 0 Å². The molecule has 4 atom stereocenters. The lowest BCUT2D eigenvalue weighted by molar-refractivity contribution is -0.118. The van der Waals surface area contributed by atoms with Crippen molar-refractivity contribution >= 4 is 11.6 Å². The number of ether oxygens (including phenoxy) is 3. The Morgan fingerprint density at radius 3 is 3.11 bits per heavy atom. The van der Waals surface area contributed by atoms with Crippen molar-refractivity contribution < 1.29 is 14.2 Å². The number of allylic oxidation sites excluding steroid dienone is 2. The van der Waals surface area contributed by atoms with Crippen molar-refractivity contribution in [1.29, 1.82) is 0 Å². The molecule has 2 aliphatic rings. The maximum atomic E-state index is 5.95. The highest BCUT2D eigenvalue weighted by molar-refractivity contribution is 6.17. The summed E-state index contributed by atoms with van der Waals surface area (Å²) in [7, 11) is 0. The standard InChI is InChI=1S/C14H23ClO3/c1-10-3-4-11(2)13(7-10)14-17-9-12(18-14)8-16-6-5-15/h3,11-14H,4-9H2,1-2H3/t11-,12+,13-,14-/m1/s1. The molecule has 0 aromatic carbocycles. The van der Waals surface area contributed by atoms with Gasteiger partial charge in [-0.15, -0.1) is 11.6 Å². The molecule has 0 aromatic heterocycles. The smallest absolute Gasteiger partial charge is 0.161 e. The fourth-order valence-corrected chi connectivity index (χ4v) is 2.74. The van der Waals surface area contributed by atoms with Crippen LogP contribution in [0.3, 0.4) is 0 Å². The Kier molecular flexibility index (Phi) is 5.49. The van der Waals surface area contributed by atoms with Gasteiger partial charge in [0.15, 0.2) is 6.29 Å². The Balaban J connectivity index is 1.79. The molecule has 0 bridgehead atoms. The second kappa shape index (κ2) is 6.90. The third-order valence-corrected chi connectivity index (χ3v) is 3.93. The third-order valence-electron chi connectivity index (χ3n) is 3.77. The predicted octanol–water partition coefficient (Wildman–Crippen LogP) is 2.98. The van der Waals surface area contributed by atoms with Gasteiger partial charge in [0.05, 0.1) is 19.8 Å². The minimum atomic E-state index is -0.0618. The second-order valence-electron chi connectivity index (χ2n) is 5.36. The van der Waals surface area contributed by atoms with Gasteiger partial charge in [-0.2, -0.15) is 0 Å². The fraction of sp³-hybridized carbons (Fsp3) is 0.857. The van der Waals surface area contributed by atoms with Crippen LogP contribution in [-0.2, 0) is 14.2 Å². The van der Waals surface area contributed by atoms with E-state index in [-0.39, 0.29) is 12.4 Å². The summed E-state index contributed by atoms with van der Waals surface area (Å²) in [5.41, 5.74) is 1.45. The molecule has 3 nitrogen and oxygen atoms in total. The van der Waals surface area contributed by atoms with Crippen molar-refractivity contribution in [2.45, 2.75) is 39.1 Å². The van der Waals surface area contributed by atoms with E-state index >= 15 is 0 Å². The van der Waals surface area contributed by atoms with E-state index in [0.717, 1.165) is 12.8 Å². The molecule has 0 saturated carbocycles. The van der Waals surface area contributed by atoms with E-state index in [1.54, 1.807) is 0 Å². The van der Waals surface area contributed by atoms with Gasteiger partial charge in [-0.05, 0) is 25.7 Å². The highest BCUT2D eigenvalue weighted by Crippen LogP contribution is 2.35. The number of alkyl halides is 1. The lowest BCUT2D eigenvalue weighted by Gasteiger charge is -2.31. The van der Waals surface area contributed by atoms with Gasteiger partial charge in [0.2, 0.25) is 0 Å². The van der Waals surface area contributed by atoms with Crippen LogP contribution in [0, 0.1) is 11.8 Å². The molecular weight excluding hydrogens is 252 g/mol. The van der Waals surface area contributed by atoms with E-state index in [9.17, 15) is 0 Å². The second-order valence-corrected chi connectivity index (χ2v) is 5.73. The lowest BCUT2D eigenvalue weighted by Crippen LogP contribution is -2.30. The molecule has 2 rings (SSSR count). The third kappa shape index (κ3) is 3.70. The van der Waals surface area contributed by atoms with Crippen LogP contribution >= 0.6 is 11.6 Å². The molecule has 1 heterocycles. The van der Waals surface area contributed by atoms with Gasteiger partial charge in [-0.1, -0.05) is 18.6 Å². The van der Waals surface area contributed by atoms with Crippen LogP contribution in [0.4, 0.5) is 0 Å². The van der Waals surface area contributed by atoms with Gasteiger partial charge in [0, 0.05) is 11.8 Å². The Hall–Kier alpha value is -0.0900. The maximum Gasteiger partial charge on any atom is 0.161 e. The first-order valence-electron chi connectivity index (χ1n) is 6.77. The summed E-state index contributed by atoms with van der Waals surface area (Å²) in [6.45, 7) is 6.26. The quantitative estimate of drug-likeness (QED) is 0.438. The van der Waals surface area contributed by atoms with Crippen LogP contribution in [0.1, 0.15) is 26.7 Å². The number of hydrogen-bond donors (Lipinski definition) is 0. The van der Waals surface area contributed by atoms with Crippen LogP contribution in [0.5, 0.6) is 0 Å². The van der Waals surface area contributed by atoms with Crippen molar-refractivity contribution in [3.05, 3.63) is 11.6 Å². The fourth-order valence-electron chi connectivity index (χ4n) is 2.63. The van der Waals surface area contributed by atoms with Gasteiger partial charge in [0.25, 0.3) is 0 Å². The highest BCUT2D eigenvalue weighted by atomic mass is 35.5. The molecular formula is C14H23ClO3. The predicted molar refractivity (Wildman–Crippen MR) is 71.8 cm³/mol. The molecule has 1 fully saturated rings. The summed E-state index contributed by atoms with van der Waals surface area (Å²) in [6.07, 6.45) is 4.55. The van der Waals surface area contributed by atoms with Crippen LogP contribution < -0.4 is 0 Å². The minimum Gasteiger partial charge on any atom is -0.377 e. The first-order chi connectivity index (χ1) is 8.70. The molecule has 18 heavy (non-hydrogen) atoms. The molecule has 1 saturated heterocycles. The van der Waals surface area contributed by atoms with Crippen LogP contribution in [-0.4, -0.2) is 38.1 Å². The lowest BCUT2D eigenvalue weighted by atomic mass is 9.81. The molecule has 1 aliphatic carbocycles. The van der Waals surface area contributed by atoms with Crippen molar-refractivity contribution in [2.75, 3.05) is 25.7 Å². The summed E-state index contributed by atoms with van der Waals surface area (Å²) in [5, 5.41) is 0. The molecule has 0 radical (unpaired) electrons. The summed E-state index contributed by atoms with van der Waals surface area (Å²) >= 11 is 5.57. The van der Waals surface area contributed by atoms with E-state index in [1.807, 2.05) is 0 Å². The first kappa shape index (κ1) is 14.3. The highest BCUT2D eigenvalue weighted by Gasteiger charge is 2.36. The van der Waals surface area contributed by atoms with Gasteiger partial charge < -0.3 is 14.2 Å². The Bertz CT molecular complexity index is 293. The first-order valence-corrected chi connectivity index (χ1v) is 7.30. The molecule has 0 unspecified atom stereocenters. The zero-order valence-electron chi connectivity index (χ0n) is 11.2. The Morgan fingerprint density at radius 2 is 2.33 bits per heavy atom. The Morgan fingerprint density at radius 1 is 1.50 bits per heavy atom. The van der Waals surface area contributed by atoms with E-state index in [2.05, 4.69) is 19.9 Å². The molecule has 0 spiro atoms. The normalized spacial score (nSPS) is 36.7. The summed E-state index contributed by atoms with van der Waals surface area (Å²) in [5.74, 6) is 1.63. The van der Waals surface area contributed by atoms with E-state index < -0.39 is 0 Å². The molecule has 0 amide bonds. The zero-order chi connectivity index (χ0) is 13.0. The van der Waals surface area contributed by atoms with Crippen LogP contribution in [0.25, 0.3) is 0 Å². The van der Waals surface area contributed by atoms with E-state index in [0.29, 0.717) is 37.5 Å². The average Bonchev–Trinajstić information content (AvgIpc) is 2.81. The van der Waals surface area contributed by atoms with E-state index in [4.69, 9.17) is 25.8 Å². The van der Waals surface area contributed by atoms with Crippen LogP contribution in [0.15, 0.2) is 11.6 Å². The Labute approximate surface area is 114 Å². The van der Waals surface area contributed by atoms with Crippen LogP contribution in [0.2, 0.25) is 0 Å². The zero-order valence-corrected chi connectivity index (χ0v) is 12.0. The average molecular weight is 275 g/mol. The number of halogens is 1. The summed E-state index contributed by atoms with van der Waals surface area (Å²) < 4.78 is 17.1. The SMILES string of the molecule is CC1=CC[C@@H](C)[C@H]([C@@H]2OC[C@H](COCCCl)O2)C1. The molecule has 104 valence electrons. The molecule has 4 heteroatoms. The van der Waals surface area contributed by atoms with Gasteiger partial charge in [-0.25, -0.2) is 0 Å². The van der Waals surface area contributed by atoms with Gasteiger partial charge in [-0.3, -0.25) is 0 Å². The van der Waals surface area contributed by atoms with Crippen molar-refractivity contribution in [3.63, 3.8) is 0 Å². The monoisotopic (exact) mass is 274 g/mol. The van der Waals surface area contributed by atoms with Gasteiger partial charge in [0.1, 0.15) is 6.10 Å². The van der Waals surface area contributed by atoms with Gasteiger partial charge >= 0.3 is 0 Å². The summed E-state index contributed by atoms with van der Waals surface area (Å²) in [6, 6.07) is 0. The molecule has 1 aliphatic heterocycles. The van der Waals surface area contributed by atoms with E-state index in [1.165, 1.54) is 5.57 Å². The number of hydrogen-bond acceptors (Lipinski definition) is 3.